The van der Waals surface area contributed by atoms with Crippen LogP contribution in [0, 0.1) is 5.82 Å². The first-order valence-corrected chi connectivity index (χ1v) is 10.4. The summed E-state index contributed by atoms with van der Waals surface area (Å²) in [5.41, 5.74) is 3.08. The van der Waals surface area contributed by atoms with Crippen LogP contribution in [0.2, 0.25) is 0 Å². The lowest BCUT2D eigenvalue weighted by molar-refractivity contribution is 0.0952. The largest absolute Gasteiger partial charge is 0.352 e. The van der Waals surface area contributed by atoms with Gasteiger partial charge in [-0.15, -0.1) is 0 Å². The molecule has 0 unspecified atom stereocenters. The first kappa shape index (κ1) is 21.3. The Hall–Kier alpha value is -3.94. The van der Waals surface area contributed by atoms with Crippen LogP contribution in [0.15, 0.2) is 67.3 Å². The van der Waals surface area contributed by atoms with Crippen LogP contribution in [0.4, 0.5) is 4.39 Å². The predicted octanol–water partition coefficient (Wildman–Crippen LogP) is 3.96. The molecule has 0 aliphatic heterocycles. The van der Waals surface area contributed by atoms with E-state index in [1.165, 1.54) is 12.3 Å². The number of rotatable bonds is 7. The lowest BCUT2D eigenvalue weighted by Crippen LogP contribution is -2.26. The van der Waals surface area contributed by atoms with Gasteiger partial charge in [0.25, 0.3) is 11.9 Å². The molecule has 3 aromatic heterocycles. The third-order valence-electron chi connectivity index (χ3n) is 5.03. The molecule has 162 valence electrons. The van der Waals surface area contributed by atoms with Gasteiger partial charge in [0.2, 0.25) is 0 Å². The average molecular weight is 430 g/mol. The van der Waals surface area contributed by atoms with Crippen LogP contribution in [0.25, 0.3) is 17.2 Å². The number of hydrogen-bond donors (Lipinski definition) is 1. The van der Waals surface area contributed by atoms with Crippen molar-refractivity contribution < 1.29 is 9.18 Å². The third kappa shape index (κ3) is 4.54. The van der Waals surface area contributed by atoms with E-state index in [-0.39, 0.29) is 23.6 Å². The van der Waals surface area contributed by atoms with E-state index in [4.69, 9.17) is 0 Å². The molecule has 0 spiro atoms. The van der Waals surface area contributed by atoms with E-state index >= 15 is 0 Å². The first-order valence-electron chi connectivity index (χ1n) is 10.4. The van der Waals surface area contributed by atoms with Crippen molar-refractivity contribution in [2.75, 3.05) is 6.54 Å². The molecule has 7 nitrogen and oxygen atoms in total. The van der Waals surface area contributed by atoms with Gasteiger partial charge in [0.05, 0.1) is 23.1 Å². The maximum Gasteiger partial charge on any atom is 0.254 e. The second-order valence-corrected chi connectivity index (χ2v) is 7.59. The third-order valence-corrected chi connectivity index (χ3v) is 5.03. The summed E-state index contributed by atoms with van der Waals surface area (Å²) in [6.07, 6.45) is 7.24. The monoisotopic (exact) mass is 430 g/mol. The zero-order chi connectivity index (χ0) is 22.5. The van der Waals surface area contributed by atoms with Gasteiger partial charge < -0.3 is 5.32 Å². The van der Waals surface area contributed by atoms with Crippen molar-refractivity contribution in [3.8, 4) is 17.2 Å². The van der Waals surface area contributed by atoms with E-state index in [1.54, 1.807) is 47.5 Å². The molecule has 0 aliphatic carbocycles. The summed E-state index contributed by atoms with van der Waals surface area (Å²) in [6, 6.07) is 11.9. The zero-order valence-electron chi connectivity index (χ0n) is 17.9. The van der Waals surface area contributed by atoms with Crippen molar-refractivity contribution in [3.63, 3.8) is 0 Å². The second-order valence-electron chi connectivity index (χ2n) is 7.59. The molecule has 1 aromatic carbocycles. The fourth-order valence-electron chi connectivity index (χ4n) is 3.48. The number of benzene rings is 1. The topological polar surface area (TPSA) is 85.6 Å². The molecule has 0 bridgehead atoms. The van der Waals surface area contributed by atoms with Crippen LogP contribution in [-0.2, 0) is 6.42 Å². The van der Waals surface area contributed by atoms with Gasteiger partial charge in [-0.1, -0.05) is 26.0 Å². The predicted molar refractivity (Wildman–Crippen MR) is 119 cm³/mol. The molecular weight excluding hydrogens is 407 g/mol. The highest BCUT2D eigenvalue weighted by molar-refractivity contribution is 5.95. The fraction of sp³-hybridized carbons (Fsp3) is 0.208. The van der Waals surface area contributed by atoms with Gasteiger partial charge in [0.15, 0.2) is 0 Å². The number of aromatic nitrogens is 5. The van der Waals surface area contributed by atoms with Gasteiger partial charge in [-0.3, -0.25) is 9.78 Å². The minimum atomic E-state index is -0.365. The summed E-state index contributed by atoms with van der Waals surface area (Å²) in [5.74, 6) is -0.306. The molecule has 4 aromatic rings. The SMILES string of the molecule is CC(C)c1c(C(=O)NCCc2ccncc2)cnn1-c1nccc(-c2ccccc2F)n1. The van der Waals surface area contributed by atoms with E-state index < -0.39 is 0 Å². The summed E-state index contributed by atoms with van der Waals surface area (Å²) < 4.78 is 15.8. The summed E-state index contributed by atoms with van der Waals surface area (Å²) in [7, 11) is 0. The molecule has 4 rings (SSSR count). The number of amides is 1. The lowest BCUT2D eigenvalue weighted by Gasteiger charge is -2.12. The molecule has 1 amide bonds. The van der Waals surface area contributed by atoms with Crippen molar-refractivity contribution in [2.45, 2.75) is 26.2 Å². The smallest absolute Gasteiger partial charge is 0.254 e. The Kier molecular flexibility index (Phi) is 6.30. The van der Waals surface area contributed by atoms with Gasteiger partial charge in [0.1, 0.15) is 5.82 Å². The van der Waals surface area contributed by atoms with Crippen molar-refractivity contribution in [1.29, 1.82) is 0 Å². The second kappa shape index (κ2) is 9.47. The summed E-state index contributed by atoms with van der Waals surface area (Å²) in [6.45, 7) is 4.44. The highest BCUT2D eigenvalue weighted by Crippen LogP contribution is 2.24. The van der Waals surface area contributed by atoms with Gasteiger partial charge in [0, 0.05) is 30.7 Å². The van der Waals surface area contributed by atoms with E-state index in [0.717, 1.165) is 5.56 Å². The number of pyridine rings is 1. The normalized spacial score (nSPS) is 11.0. The number of halogens is 1. The Morgan fingerprint density at radius 2 is 1.88 bits per heavy atom. The molecule has 0 fully saturated rings. The quantitative estimate of drug-likeness (QED) is 0.480. The van der Waals surface area contributed by atoms with Gasteiger partial charge >= 0.3 is 0 Å². The van der Waals surface area contributed by atoms with E-state index in [0.29, 0.717) is 35.5 Å². The van der Waals surface area contributed by atoms with E-state index in [9.17, 15) is 9.18 Å². The Morgan fingerprint density at radius 3 is 2.62 bits per heavy atom. The van der Waals surface area contributed by atoms with Crippen LogP contribution >= 0.6 is 0 Å². The van der Waals surface area contributed by atoms with Crippen LogP contribution in [-0.4, -0.2) is 37.2 Å². The molecule has 8 heteroatoms. The molecular formula is C24H23FN6O. The Balaban J connectivity index is 1.59. The minimum Gasteiger partial charge on any atom is -0.352 e. The molecule has 0 saturated carbocycles. The Labute approximate surface area is 185 Å². The summed E-state index contributed by atoms with van der Waals surface area (Å²) in [5, 5.41) is 7.33. The van der Waals surface area contributed by atoms with Crippen LogP contribution in [0.3, 0.4) is 0 Å². The summed E-state index contributed by atoms with van der Waals surface area (Å²) >= 11 is 0. The highest BCUT2D eigenvalue weighted by Gasteiger charge is 2.22. The minimum absolute atomic E-state index is 0.0147. The van der Waals surface area contributed by atoms with Crippen molar-refractivity contribution >= 4 is 5.91 Å². The Morgan fingerprint density at radius 1 is 1.09 bits per heavy atom. The molecule has 1 N–H and O–H groups in total. The number of hydrogen-bond acceptors (Lipinski definition) is 5. The summed E-state index contributed by atoms with van der Waals surface area (Å²) in [4.78, 5) is 25.7. The number of nitrogens with zero attached hydrogens (tertiary/aromatic N) is 5. The maximum absolute atomic E-state index is 14.2. The van der Waals surface area contributed by atoms with Crippen molar-refractivity contribution in [1.82, 2.24) is 30.0 Å². The standard InChI is InChI=1S/C24H23FN6O/c1-16(2)22-19(23(32)27-13-9-17-7-11-26-12-8-17)15-29-31(22)24-28-14-10-21(30-24)18-5-3-4-6-20(18)25/h3-8,10-12,14-16H,9,13H2,1-2H3,(H,27,32). The van der Waals surface area contributed by atoms with Gasteiger partial charge in [-0.05, 0) is 48.2 Å². The molecule has 0 aliphatic rings. The number of carbonyl (C=O) groups excluding carboxylic acids is 1. The van der Waals surface area contributed by atoms with Crippen LogP contribution in [0.1, 0.15) is 41.4 Å². The number of carbonyl (C=O) groups is 1. The van der Waals surface area contributed by atoms with Gasteiger partial charge in [-0.2, -0.15) is 5.10 Å². The van der Waals surface area contributed by atoms with E-state index in [1.807, 2.05) is 26.0 Å². The average Bonchev–Trinajstić information content (AvgIpc) is 3.26. The zero-order valence-corrected chi connectivity index (χ0v) is 17.9. The van der Waals surface area contributed by atoms with Crippen LogP contribution in [0.5, 0.6) is 0 Å². The highest BCUT2D eigenvalue weighted by atomic mass is 19.1. The lowest BCUT2D eigenvalue weighted by atomic mass is 10.1. The first-order chi connectivity index (χ1) is 15.5. The molecule has 0 atom stereocenters. The molecule has 3 heterocycles. The maximum atomic E-state index is 14.2. The van der Waals surface area contributed by atoms with E-state index in [2.05, 4.69) is 25.4 Å². The fourth-order valence-corrected chi connectivity index (χ4v) is 3.48. The van der Waals surface area contributed by atoms with Crippen molar-refractivity contribution in [2.24, 2.45) is 0 Å². The van der Waals surface area contributed by atoms with Gasteiger partial charge in [-0.25, -0.2) is 19.0 Å². The molecule has 0 saturated heterocycles. The van der Waals surface area contributed by atoms with Crippen LogP contribution < -0.4 is 5.32 Å². The molecule has 32 heavy (non-hydrogen) atoms. The number of nitrogens with one attached hydrogen (secondary N) is 1. The van der Waals surface area contributed by atoms with Crippen molar-refractivity contribution in [3.05, 3.63) is 89.9 Å². The Bertz CT molecular complexity index is 1220. The molecule has 0 radical (unpaired) electrons.